The molecule has 0 N–H and O–H groups in total. The fraction of sp³-hybridized carbons (Fsp3) is 0.500. The lowest BCUT2D eigenvalue weighted by Gasteiger charge is -2.12. The average molecular weight is 475 g/mol. The van der Waals surface area contributed by atoms with Crippen molar-refractivity contribution in [2.45, 2.75) is 32.6 Å². The minimum Gasteiger partial charge on any atom is -0.493 e. The molecule has 0 bridgehead atoms. The number of carbonyl (C=O) groups is 2. The lowest BCUT2D eigenvalue weighted by Crippen LogP contribution is -2.16. The van der Waals surface area contributed by atoms with Crippen molar-refractivity contribution in [3.8, 4) is 11.5 Å². The van der Waals surface area contributed by atoms with Gasteiger partial charge in [-0.25, -0.2) is 4.39 Å². The molecule has 1 aromatic carbocycles. The van der Waals surface area contributed by atoms with E-state index in [2.05, 4.69) is 20.7 Å². The lowest BCUT2D eigenvalue weighted by atomic mass is 10.0. The summed E-state index contributed by atoms with van der Waals surface area (Å²) < 4.78 is 31.2. The Kier molecular flexibility index (Phi) is 8.69. The number of hydrogen-bond acceptors (Lipinski definition) is 6. The highest BCUT2D eigenvalue weighted by atomic mass is 79.9. The maximum absolute atomic E-state index is 15.0. The van der Waals surface area contributed by atoms with Crippen molar-refractivity contribution in [2.75, 3.05) is 26.2 Å². The number of alkyl halides is 1. The van der Waals surface area contributed by atoms with Crippen molar-refractivity contribution in [2.24, 2.45) is 5.92 Å². The Morgan fingerprint density at radius 1 is 1.21 bits per heavy atom. The molecule has 0 aliphatic carbocycles. The highest BCUT2D eigenvalue weighted by Gasteiger charge is 2.23. The highest BCUT2D eigenvalue weighted by Crippen LogP contribution is 2.40. The van der Waals surface area contributed by atoms with Crippen LogP contribution in [-0.2, 0) is 9.53 Å². The van der Waals surface area contributed by atoms with Gasteiger partial charge in [0, 0.05) is 27.9 Å². The van der Waals surface area contributed by atoms with Gasteiger partial charge in [-0.05, 0) is 25.3 Å². The van der Waals surface area contributed by atoms with Crippen molar-refractivity contribution < 1.29 is 28.2 Å². The lowest BCUT2D eigenvalue weighted by molar-refractivity contribution is -0.144. The molecular weight excluding hydrogens is 451 g/mol. The number of carbonyl (C=O) groups excluding carboxylic acids is 2. The number of Topliss-reactive ketones (excluding diaryl/α,β-unsaturated/α-hetero) is 1. The van der Waals surface area contributed by atoms with E-state index in [0.717, 1.165) is 24.6 Å². The largest absolute Gasteiger partial charge is 0.493 e. The second-order valence-corrected chi connectivity index (χ2v) is 8.27. The van der Waals surface area contributed by atoms with E-state index in [1.165, 1.54) is 31.6 Å². The molecule has 0 saturated heterocycles. The SMILES string of the molecule is COC(=O)[C@@H](C)CC(=O)c1cc2c(F)c(OCCCCCBr)c(OC)cc2s1. The Hall–Kier alpha value is -1.67. The summed E-state index contributed by atoms with van der Waals surface area (Å²) in [4.78, 5) is 24.4. The maximum atomic E-state index is 15.0. The van der Waals surface area contributed by atoms with Crippen molar-refractivity contribution >= 4 is 49.1 Å². The molecule has 1 aromatic heterocycles. The van der Waals surface area contributed by atoms with Crippen molar-refractivity contribution in [3.05, 3.63) is 22.8 Å². The van der Waals surface area contributed by atoms with Crippen LogP contribution >= 0.6 is 27.3 Å². The summed E-state index contributed by atoms with van der Waals surface area (Å²) in [6.07, 6.45) is 2.83. The monoisotopic (exact) mass is 474 g/mol. The number of ketones is 1. The first-order chi connectivity index (χ1) is 13.4. The van der Waals surface area contributed by atoms with Gasteiger partial charge in [0.05, 0.1) is 31.6 Å². The fourth-order valence-corrected chi connectivity index (χ4v) is 4.17. The van der Waals surface area contributed by atoms with Crippen LogP contribution in [0.4, 0.5) is 4.39 Å². The van der Waals surface area contributed by atoms with Crippen LogP contribution in [0.25, 0.3) is 10.1 Å². The average Bonchev–Trinajstić information content (AvgIpc) is 3.12. The molecule has 1 heterocycles. The molecule has 8 heteroatoms. The third-order valence-electron chi connectivity index (χ3n) is 4.30. The number of methoxy groups -OCH3 is 2. The molecule has 0 fully saturated rings. The fourth-order valence-electron chi connectivity index (χ4n) is 2.73. The van der Waals surface area contributed by atoms with Gasteiger partial charge in [-0.3, -0.25) is 9.59 Å². The predicted octanol–water partition coefficient (Wildman–Crippen LogP) is 5.37. The quantitative estimate of drug-likeness (QED) is 0.189. The number of fused-ring (bicyclic) bond motifs is 1. The summed E-state index contributed by atoms with van der Waals surface area (Å²) >= 11 is 4.55. The van der Waals surface area contributed by atoms with Gasteiger partial charge in [-0.15, -0.1) is 11.3 Å². The van der Waals surface area contributed by atoms with Gasteiger partial charge in [-0.1, -0.05) is 22.9 Å². The summed E-state index contributed by atoms with van der Waals surface area (Å²) in [7, 11) is 2.74. The summed E-state index contributed by atoms with van der Waals surface area (Å²) in [5.74, 6) is -1.40. The van der Waals surface area contributed by atoms with Crippen LogP contribution in [0.1, 0.15) is 42.3 Å². The summed E-state index contributed by atoms with van der Waals surface area (Å²) in [6, 6.07) is 3.19. The van der Waals surface area contributed by atoms with E-state index in [1.807, 2.05) is 0 Å². The second kappa shape index (κ2) is 10.8. The van der Waals surface area contributed by atoms with E-state index in [4.69, 9.17) is 9.47 Å². The van der Waals surface area contributed by atoms with Crippen LogP contribution in [0.15, 0.2) is 12.1 Å². The number of benzene rings is 1. The number of halogens is 2. The number of hydrogen-bond donors (Lipinski definition) is 0. The van der Waals surface area contributed by atoms with Crippen LogP contribution in [0.2, 0.25) is 0 Å². The van der Waals surface area contributed by atoms with Crippen LogP contribution in [0.5, 0.6) is 11.5 Å². The van der Waals surface area contributed by atoms with Gasteiger partial charge < -0.3 is 14.2 Å². The molecule has 0 aliphatic heterocycles. The number of ether oxygens (including phenoxy) is 3. The molecule has 0 amide bonds. The molecule has 0 aliphatic rings. The molecule has 0 unspecified atom stereocenters. The van der Waals surface area contributed by atoms with E-state index in [-0.39, 0.29) is 18.0 Å². The van der Waals surface area contributed by atoms with Crippen LogP contribution in [0.3, 0.4) is 0 Å². The van der Waals surface area contributed by atoms with Gasteiger partial charge >= 0.3 is 5.97 Å². The van der Waals surface area contributed by atoms with Crippen LogP contribution < -0.4 is 9.47 Å². The Morgan fingerprint density at radius 2 is 1.96 bits per heavy atom. The summed E-state index contributed by atoms with van der Waals surface area (Å²) in [5.41, 5.74) is 0. The van der Waals surface area contributed by atoms with Crippen molar-refractivity contribution in [3.63, 3.8) is 0 Å². The van der Waals surface area contributed by atoms with E-state index >= 15 is 4.39 Å². The molecule has 0 saturated carbocycles. The Bertz CT molecular complexity index is 836. The molecule has 1 atom stereocenters. The van der Waals surface area contributed by atoms with Crippen molar-refractivity contribution in [1.29, 1.82) is 0 Å². The molecular formula is C20H24BrFO5S. The van der Waals surface area contributed by atoms with Crippen LogP contribution in [-0.4, -0.2) is 37.9 Å². The highest BCUT2D eigenvalue weighted by molar-refractivity contribution is 9.09. The van der Waals surface area contributed by atoms with Crippen molar-refractivity contribution in [1.82, 2.24) is 0 Å². The molecule has 0 radical (unpaired) electrons. The summed E-state index contributed by atoms with van der Waals surface area (Å²) in [6.45, 7) is 2.01. The molecule has 0 spiro atoms. The second-order valence-electron chi connectivity index (χ2n) is 6.39. The topological polar surface area (TPSA) is 61.8 Å². The molecule has 5 nitrogen and oxygen atoms in total. The van der Waals surface area contributed by atoms with Gasteiger partial charge in [0.25, 0.3) is 0 Å². The minimum atomic E-state index is -0.555. The zero-order valence-electron chi connectivity index (χ0n) is 16.2. The number of unbranched alkanes of at least 4 members (excludes halogenated alkanes) is 2. The Labute approximate surface area is 176 Å². The Balaban J connectivity index is 2.23. The van der Waals surface area contributed by atoms with Gasteiger partial charge in [-0.2, -0.15) is 0 Å². The molecule has 2 rings (SSSR count). The third-order valence-corrected chi connectivity index (χ3v) is 5.98. The third kappa shape index (κ3) is 5.44. The first-order valence-electron chi connectivity index (χ1n) is 9.02. The molecule has 154 valence electrons. The molecule has 28 heavy (non-hydrogen) atoms. The Morgan fingerprint density at radius 3 is 2.61 bits per heavy atom. The van der Waals surface area contributed by atoms with E-state index in [9.17, 15) is 9.59 Å². The van der Waals surface area contributed by atoms with Crippen LogP contribution in [0, 0.1) is 11.7 Å². The zero-order valence-corrected chi connectivity index (χ0v) is 18.6. The number of rotatable bonds is 11. The summed E-state index contributed by atoms with van der Waals surface area (Å²) in [5, 5.41) is 1.24. The predicted molar refractivity (Wildman–Crippen MR) is 112 cm³/mol. The minimum absolute atomic E-state index is 0.00910. The van der Waals surface area contributed by atoms with E-state index in [1.54, 1.807) is 13.0 Å². The maximum Gasteiger partial charge on any atom is 0.308 e. The normalized spacial score (nSPS) is 12.0. The molecule has 2 aromatic rings. The number of esters is 1. The first kappa shape index (κ1) is 22.6. The van der Waals surface area contributed by atoms with E-state index in [0.29, 0.717) is 27.3 Å². The smallest absolute Gasteiger partial charge is 0.308 e. The van der Waals surface area contributed by atoms with E-state index < -0.39 is 17.7 Å². The zero-order chi connectivity index (χ0) is 20.7. The standard InChI is InChI=1S/C20H24BrFO5S/c1-12(20(24)26-3)9-14(23)17-10-13-16(28-17)11-15(25-2)19(18(13)22)27-8-6-4-5-7-21/h10-12H,4-9H2,1-3H3/t12-/m0/s1. The van der Waals surface area contributed by atoms with Gasteiger partial charge in [0.2, 0.25) is 0 Å². The van der Waals surface area contributed by atoms with Gasteiger partial charge in [0.15, 0.2) is 23.1 Å². The number of thiophene rings is 1. The van der Waals surface area contributed by atoms with Gasteiger partial charge in [0.1, 0.15) is 0 Å². The first-order valence-corrected chi connectivity index (χ1v) is 11.0.